The molecule has 0 saturated carbocycles. The first-order valence-electron chi connectivity index (χ1n) is 3.00. The molecule has 0 aliphatic rings. The van der Waals surface area contributed by atoms with Crippen molar-refractivity contribution < 1.29 is 18.1 Å². The molecule has 2 unspecified atom stereocenters. The topological polar surface area (TPSA) is 101 Å². The minimum Gasteiger partial charge on any atom is -0.392 e. The van der Waals surface area contributed by atoms with Crippen molar-refractivity contribution in [1.29, 1.82) is 0 Å². The van der Waals surface area contributed by atoms with Crippen LogP contribution in [-0.4, -0.2) is 36.5 Å². The van der Waals surface area contributed by atoms with Crippen LogP contribution in [0.5, 0.6) is 0 Å². The summed E-state index contributed by atoms with van der Waals surface area (Å²) in [5.41, 5.74) is 5.19. The second kappa shape index (κ2) is 5.48. The van der Waals surface area contributed by atoms with Gasteiger partial charge in [0, 0.05) is 6.04 Å². The molecule has 70 valence electrons. The highest BCUT2D eigenvalue weighted by Crippen LogP contribution is 1.81. The first-order valence-corrected chi connectivity index (χ1v) is 4.85. The van der Waals surface area contributed by atoms with E-state index in [2.05, 4.69) is 0 Å². The summed E-state index contributed by atoms with van der Waals surface area (Å²) in [7, 11) is -3.67. The SMILES string of the molecule is CC(N)C(C)O.CS(=O)(=O)O. The summed E-state index contributed by atoms with van der Waals surface area (Å²) in [6.07, 6.45) is 0.345. The van der Waals surface area contributed by atoms with Crippen LogP contribution in [0.25, 0.3) is 0 Å². The Bertz CT molecular complexity index is 159. The van der Waals surface area contributed by atoms with Gasteiger partial charge in [0.05, 0.1) is 12.4 Å². The van der Waals surface area contributed by atoms with Crippen molar-refractivity contribution in [3.8, 4) is 0 Å². The third-order valence-electron chi connectivity index (χ3n) is 0.761. The Hall–Kier alpha value is -0.170. The van der Waals surface area contributed by atoms with Gasteiger partial charge in [-0.2, -0.15) is 8.42 Å². The molecule has 0 amide bonds. The van der Waals surface area contributed by atoms with Crippen molar-refractivity contribution >= 4 is 10.1 Å². The number of nitrogens with two attached hydrogens (primary N) is 1. The zero-order chi connectivity index (χ0) is 9.65. The van der Waals surface area contributed by atoms with Crippen molar-refractivity contribution in [3.05, 3.63) is 0 Å². The van der Waals surface area contributed by atoms with E-state index in [-0.39, 0.29) is 12.1 Å². The van der Waals surface area contributed by atoms with E-state index in [4.69, 9.17) is 15.4 Å². The van der Waals surface area contributed by atoms with Gasteiger partial charge in [0.2, 0.25) is 0 Å². The van der Waals surface area contributed by atoms with Gasteiger partial charge < -0.3 is 10.8 Å². The molecule has 0 bridgehead atoms. The molecule has 0 spiro atoms. The van der Waals surface area contributed by atoms with Crippen LogP contribution in [0.4, 0.5) is 0 Å². The van der Waals surface area contributed by atoms with Gasteiger partial charge in [-0.1, -0.05) is 0 Å². The first-order chi connectivity index (χ1) is 4.64. The van der Waals surface area contributed by atoms with E-state index in [1.54, 1.807) is 13.8 Å². The summed E-state index contributed by atoms with van der Waals surface area (Å²) >= 11 is 0. The zero-order valence-corrected chi connectivity index (χ0v) is 7.67. The Morgan fingerprint density at radius 2 is 1.45 bits per heavy atom. The number of hydrogen-bond donors (Lipinski definition) is 3. The third-order valence-corrected chi connectivity index (χ3v) is 0.761. The lowest BCUT2D eigenvalue weighted by Gasteiger charge is -2.04. The van der Waals surface area contributed by atoms with Gasteiger partial charge in [-0.15, -0.1) is 0 Å². The van der Waals surface area contributed by atoms with Gasteiger partial charge >= 0.3 is 0 Å². The van der Waals surface area contributed by atoms with Gasteiger partial charge in [-0.3, -0.25) is 4.55 Å². The molecule has 0 saturated heterocycles. The monoisotopic (exact) mass is 185 g/mol. The molecule has 0 aromatic heterocycles. The van der Waals surface area contributed by atoms with Gasteiger partial charge in [-0.25, -0.2) is 0 Å². The second-order valence-electron chi connectivity index (χ2n) is 2.33. The van der Waals surface area contributed by atoms with Crippen LogP contribution in [-0.2, 0) is 10.1 Å². The number of hydrogen-bond acceptors (Lipinski definition) is 4. The minimum atomic E-state index is -3.67. The minimum absolute atomic E-state index is 0.0926. The molecule has 0 heterocycles. The molecule has 4 N–H and O–H groups in total. The maximum absolute atomic E-state index is 9.19. The van der Waals surface area contributed by atoms with Crippen molar-refractivity contribution in [2.45, 2.75) is 26.0 Å². The summed E-state index contributed by atoms with van der Waals surface area (Å²) in [5.74, 6) is 0. The van der Waals surface area contributed by atoms with Crippen molar-refractivity contribution in [1.82, 2.24) is 0 Å². The fraction of sp³-hybridized carbons (Fsp3) is 1.00. The van der Waals surface area contributed by atoms with Crippen LogP contribution >= 0.6 is 0 Å². The average Bonchev–Trinajstić information content (AvgIpc) is 1.59. The van der Waals surface area contributed by atoms with Crippen LogP contribution in [0.3, 0.4) is 0 Å². The van der Waals surface area contributed by atoms with E-state index < -0.39 is 10.1 Å². The van der Waals surface area contributed by atoms with E-state index in [1.165, 1.54) is 0 Å². The lowest BCUT2D eigenvalue weighted by Crippen LogP contribution is -2.28. The normalized spacial score (nSPS) is 16.2. The van der Waals surface area contributed by atoms with E-state index in [0.29, 0.717) is 6.26 Å². The summed E-state index contributed by atoms with van der Waals surface area (Å²) in [4.78, 5) is 0. The highest BCUT2D eigenvalue weighted by Gasteiger charge is 1.97. The molecule has 2 atom stereocenters. The summed E-state index contributed by atoms with van der Waals surface area (Å²) in [6.45, 7) is 3.44. The maximum atomic E-state index is 9.19. The first kappa shape index (κ1) is 13.4. The van der Waals surface area contributed by atoms with E-state index in [9.17, 15) is 8.42 Å². The van der Waals surface area contributed by atoms with Crippen LogP contribution in [0.2, 0.25) is 0 Å². The Balaban J connectivity index is 0. The fourth-order valence-electron chi connectivity index (χ4n) is 0. The van der Waals surface area contributed by atoms with Gasteiger partial charge in [0.15, 0.2) is 0 Å². The highest BCUT2D eigenvalue weighted by atomic mass is 32.2. The van der Waals surface area contributed by atoms with Gasteiger partial charge in [-0.05, 0) is 13.8 Å². The zero-order valence-electron chi connectivity index (χ0n) is 6.85. The second-order valence-corrected chi connectivity index (χ2v) is 3.80. The van der Waals surface area contributed by atoms with Crippen LogP contribution in [0.15, 0.2) is 0 Å². The Labute approximate surface area is 67.0 Å². The number of aliphatic hydroxyl groups is 1. The fourth-order valence-corrected chi connectivity index (χ4v) is 0. The van der Waals surface area contributed by atoms with Crippen molar-refractivity contribution in [3.63, 3.8) is 0 Å². The molecule has 5 nitrogen and oxygen atoms in total. The quantitative estimate of drug-likeness (QED) is 0.465. The molecule has 0 aromatic rings. The molecule has 11 heavy (non-hydrogen) atoms. The van der Waals surface area contributed by atoms with Crippen LogP contribution in [0, 0.1) is 0 Å². The Morgan fingerprint density at radius 1 is 1.36 bits per heavy atom. The summed E-state index contributed by atoms with van der Waals surface area (Å²) in [5, 5.41) is 8.50. The highest BCUT2D eigenvalue weighted by molar-refractivity contribution is 7.85. The summed E-state index contributed by atoms with van der Waals surface area (Å²) < 4.78 is 25.9. The molecule has 0 aliphatic carbocycles. The lowest BCUT2D eigenvalue weighted by atomic mass is 10.2. The standard InChI is InChI=1S/C4H11NO.CH4O3S/c1-3(5)4(2)6;1-5(2,3)4/h3-4,6H,5H2,1-2H3;1H3,(H,2,3,4). The molecule has 0 aromatic carbocycles. The molecule has 0 radical (unpaired) electrons. The Kier molecular flexibility index (Phi) is 6.68. The molecule has 0 rings (SSSR count). The molecule has 0 fully saturated rings. The van der Waals surface area contributed by atoms with Crippen LogP contribution < -0.4 is 5.73 Å². The molecular weight excluding hydrogens is 170 g/mol. The lowest BCUT2D eigenvalue weighted by molar-refractivity contribution is 0.170. The van der Waals surface area contributed by atoms with Gasteiger partial charge in [0.25, 0.3) is 10.1 Å². The smallest absolute Gasteiger partial charge is 0.261 e. The summed E-state index contributed by atoms with van der Waals surface area (Å²) in [6, 6.07) is -0.0926. The van der Waals surface area contributed by atoms with Crippen LogP contribution in [0.1, 0.15) is 13.8 Å². The van der Waals surface area contributed by atoms with Gasteiger partial charge in [0.1, 0.15) is 0 Å². The third kappa shape index (κ3) is 41.1. The number of rotatable bonds is 1. The molecule has 6 heteroatoms. The van der Waals surface area contributed by atoms with E-state index in [0.717, 1.165) is 0 Å². The molecular formula is C5H15NO4S. The van der Waals surface area contributed by atoms with E-state index in [1.807, 2.05) is 0 Å². The Morgan fingerprint density at radius 3 is 1.45 bits per heavy atom. The van der Waals surface area contributed by atoms with Crippen molar-refractivity contribution in [2.75, 3.05) is 6.26 Å². The predicted molar refractivity (Wildman–Crippen MR) is 42.8 cm³/mol. The van der Waals surface area contributed by atoms with E-state index >= 15 is 0 Å². The molecule has 0 aliphatic heterocycles. The maximum Gasteiger partial charge on any atom is 0.261 e. The largest absolute Gasteiger partial charge is 0.392 e. The predicted octanol–water partition coefficient (Wildman–Crippen LogP) is -0.782. The van der Waals surface area contributed by atoms with Crippen molar-refractivity contribution in [2.24, 2.45) is 5.73 Å². The average molecular weight is 185 g/mol. The number of aliphatic hydroxyl groups excluding tert-OH is 1.